The molecule has 0 saturated carbocycles. The Morgan fingerprint density at radius 3 is 2.43 bits per heavy atom. The van der Waals surface area contributed by atoms with Crippen LogP contribution in [0.3, 0.4) is 0 Å². The van der Waals surface area contributed by atoms with Crippen molar-refractivity contribution in [3.05, 3.63) is 0 Å². The summed E-state index contributed by atoms with van der Waals surface area (Å²) < 4.78 is 0. The third kappa shape index (κ3) is 1.89. The molecule has 1 rings (SSSR count). The van der Waals surface area contributed by atoms with Crippen LogP contribution in [0.4, 0.5) is 0 Å². The Hall–Kier alpha value is -1.06. The zero-order valence-corrected chi connectivity index (χ0v) is 9.09. The maximum atomic E-state index is 12.0. The number of carbonyl (C=O) groups is 2. The fourth-order valence-electron chi connectivity index (χ4n) is 1.82. The molecule has 4 heteroatoms. The van der Waals surface area contributed by atoms with Crippen LogP contribution in [0, 0.1) is 5.41 Å². The minimum absolute atomic E-state index is 0.0204. The van der Waals surface area contributed by atoms with Crippen molar-refractivity contribution in [1.82, 2.24) is 10.2 Å². The van der Waals surface area contributed by atoms with Gasteiger partial charge in [-0.25, -0.2) is 0 Å². The highest BCUT2D eigenvalue weighted by atomic mass is 16.2. The van der Waals surface area contributed by atoms with Gasteiger partial charge in [0.25, 0.3) is 0 Å². The molecule has 0 aliphatic carbocycles. The van der Waals surface area contributed by atoms with Crippen LogP contribution in [-0.4, -0.2) is 36.3 Å². The Labute approximate surface area is 84.7 Å². The van der Waals surface area contributed by atoms with E-state index in [2.05, 4.69) is 5.32 Å². The largest absolute Gasteiger partial charge is 0.355 e. The molecule has 2 amide bonds. The summed E-state index contributed by atoms with van der Waals surface area (Å²) in [7, 11) is 0. The fourth-order valence-corrected chi connectivity index (χ4v) is 1.82. The van der Waals surface area contributed by atoms with E-state index >= 15 is 0 Å². The average Bonchev–Trinajstić information content (AvgIpc) is 2.49. The van der Waals surface area contributed by atoms with Crippen LogP contribution < -0.4 is 5.32 Å². The Balaban J connectivity index is 2.72. The summed E-state index contributed by atoms with van der Waals surface area (Å²) in [6, 6.07) is 0. The van der Waals surface area contributed by atoms with E-state index in [1.807, 2.05) is 20.8 Å². The fraction of sp³-hybridized carbons (Fsp3) is 0.800. The Morgan fingerprint density at radius 2 is 2.07 bits per heavy atom. The number of hydrogen-bond donors (Lipinski definition) is 1. The van der Waals surface area contributed by atoms with Gasteiger partial charge in [0.2, 0.25) is 11.8 Å². The Morgan fingerprint density at radius 1 is 1.50 bits per heavy atom. The summed E-state index contributed by atoms with van der Waals surface area (Å²) in [4.78, 5) is 24.9. The molecule has 0 aromatic rings. The molecule has 1 N–H and O–H groups in total. The molecular weight excluding hydrogens is 180 g/mol. The van der Waals surface area contributed by atoms with Crippen LogP contribution >= 0.6 is 0 Å². The first-order valence-corrected chi connectivity index (χ1v) is 5.09. The van der Waals surface area contributed by atoms with Crippen LogP contribution in [0.5, 0.6) is 0 Å². The molecule has 1 unspecified atom stereocenters. The molecule has 0 aromatic heterocycles. The highest BCUT2D eigenvalue weighted by Gasteiger charge is 2.42. The summed E-state index contributed by atoms with van der Waals surface area (Å²) in [6.45, 7) is 7.65. The van der Waals surface area contributed by atoms with Crippen molar-refractivity contribution < 1.29 is 9.59 Å². The molecule has 0 spiro atoms. The number of carbonyl (C=O) groups excluding carboxylic acids is 2. The molecule has 0 radical (unpaired) electrons. The summed E-state index contributed by atoms with van der Waals surface area (Å²) in [5.74, 6) is 0.0638. The monoisotopic (exact) mass is 198 g/mol. The van der Waals surface area contributed by atoms with Crippen LogP contribution in [0.15, 0.2) is 0 Å². The van der Waals surface area contributed by atoms with Gasteiger partial charge in [0, 0.05) is 26.1 Å². The van der Waals surface area contributed by atoms with E-state index in [1.54, 1.807) is 4.90 Å². The molecule has 14 heavy (non-hydrogen) atoms. The number of nitrogens with zero attached hydrogens (tertiary/aromatic N) is 1. The first-order chi connectivity index (χ1) is 6.53. The maximum Gasteiger partial charge on any atom is 0.230 e. The lowest BCUT2D eigenvalue weighted by Crippen LogP contribution is -2.43. The third-order valence-electron chi connectivity index (χ3n) is 2.79. The lowest BCUT2D eigenvalue weighted by molar-refractivity contribution is -0.140. The summed E-state index contributed by atoms with van der Waals surface area (Å²) in [5.41, 5.74) is -0.525. The Kier molecular flexibility index (Phi) is 3.13. The van der Waals surface area contributed by atoms with E-state index < -0.39 is 5.41 Å². The second-order valence-corrected chi connectivity index (χ2v) is 3.99. The van der Waals surface area contributed by atoms with Gasteiger partial charge < -0.3 is 10.2 Å². The first-order valence-electron chi connectivity index (χ1n) is 5.09. The zero-order valence-electron chi connectivity index (χ0n) is 9.09. The van der Waals surface area contributed by atoms with Crippen molar-refractivity contribution in [3.8, 4) is 0 Å². The van der Waals surface area contributed by atoms with Crippen molar-refractivity contribution in [1.29, 1.82) is 0 Å². The van der Waals surface area contributed by atoms with Gasteiger partial charge in [-0.1, -0.05) is 0 Å². The molecule has 1 aliphatic heterocycles. The molecule has 4 nitrogen and oxygen atoms in total. The normalized spacial score (nSPS) is 26.1. The second-order valence-electron chi connectivity index (χ2n) is 3.99. The van der Waals surface area contributed by atoms with Crippen LogP contribution in [0.25, 0.3) is 0 Å². The zero-order chi connectivity index (χ0) is 10.8. The van der Waals surface area contributed by atoms with E-state index in [9.17, 15) is 9.59 Å². The molecule has 80 valence electrons. The Bertz CT molecular complexity index is 249. The average molecular weight is 198 g/mol. The number of hydrogen-bond acceptors (Lipinski definition) is 2. The highest BCUT2D eigenvalue weighted by Crippen LogP contribution is 2.27. The van der Waals surface area contributed by atoms with Gasteiger partial charge in [-0.15, -0.1) is 0 Å². The molecule has 0 bridgehead atoms. The summed E-state index contributed by atoms with van der Waals surface area (Å²) >= 11 is 0. The minimum atomic E-state index is -0.525. The third-order valence-corrected chi connectivity index (χ3v) is 2.79. The minimum Gasteiger partial charge on any atom is -0.355 e. The highest BCUT2D eigenvalue weighted by molar-refractivity contribution is 5.92. The SMILES string of the molecule is CCN(CC)C(=O)C1(C)CNC(=O)C1. The quantitative estimate of drug-likeness (QED) is 0.712. The molecule has 1 heterocycles. The topological polar surface area (TPSA) is 49.4 Å². The van der Waals surface area contributed by atoms with Gasteiger partial charge >= 0.3 is 0 Å². The predicted molar refractivity (Wildman–Crippen MR) is 53.7 cm³/mol. The lowest BCUT2D eigenvalue weighted by atomic mass is 9.88. The predicted octanol–water partition coefficient (Wildman–Crippen LogP) is 0.381. The van der Waals surface area contributed by atoms with Gasteiger partial charge in [-0.3, -0.25) is 9.59 Å². The van der Waals surface area contributed by atoms with Gasteiger partial charge in [0.05, 0.1) is 5.41 Å². The molecule has 1 saturated heterocycles. The molecule has 1 fully saturated rings. The number of nitrogens with one attached hydrogen (secondary N) is 1. The second kappa shape index (κ2) is 3.98. The lowest BCUT2D eigenvalue weighted by Gasteiger charge is -2.28. The van der Waals surface area contributed by atoms with Crippen molar-refractivity contribution in [2.24, 2.45) is 5.41 Å². The molecular formula is C10H18N2O2. The van der Waals surface area contributed by atoms with Gasteiger partial charge in [0.1, 0.15) is 0 Å². The van der Waals surface area contributed by atoms with Gasteiger partial charge in [-0.2, -0.15) is 0 Å². The van der Waals surface area contributed by atoms with E-state index in [0.717, 1.165) is 0 Å². The van der Waals surface area contributed by atoms with Crippen molar-refractivity contribution in [2.75, 3.05) is 19.6 Å². The first kappa shape index (κ1) is 11.0. The number of amides is 2. The summed E-state index contributed by atoms with van der Waals surface area (Å²) in [6.07, 6.45) is 0.322. The van der Waals surface area contributed by atoms with Gasteiger partial charge in [0.15, 0.2) is 0 Å². The van der Waals surface area contributed by atoms with Crippen LogP contribution in [0.1, 0.15) is 27.2 Å². The molecule has 1 atom stereocenters. The van der Waals surface area contributed by atoms with Crippen LogP contribution in [-0.2, 0) is 9.59 Å². The molecule has 0 aromatic carbocycles. The van der Waals surface area contributed by atoms with Gasteiger partial charge in [-0.05, 0) is 20.8 Å². The van der Waals surface area contributed by atoms with Crippen molar-refractivity contribution in [3.63, 3.8) is 0 Å². The summed E-state index contributed by atoms with van der Waals surface area (Å²) in [5, 5.41) is 2.71. The van der Waals surface area contributed by atoms with Crippen molar-refractivity contribution >= 4 is 11.8 Å². The van der Waals surface area contributed by atoms with Crippen molar-refractivity contribution in [2.45, 2.75) is 27.2 Å². The molecule has 1 aliphatic rings. The smallest absolute Gasteiger partial charge is 0.230 e. The standard InChI is InChI=1S/C10H18N2O2/c1-4-12(5-2)9(14)10(3)6-8(13)11-7-10/h4-7H2,1-3H3,(H,11,13). The van der Waals surface area contributed by atoms with E-state index in [4.69, 9.17) is 0 Å². The van der Waals surface area contributed by atoms with E-state index in [1.165, 1.54) is 0 Å². The van der Waals surface area contributed by atoms with Crippen LogP contribution in [0.2, 0.25) is 0 Å². The number of rotatable bonds is 3. The van der Waals surface area contributed by atoms with E-state index in [0.29, 0.717) is 26.1 Å². The maximum absolute atomic E-state index is 12.0. The van der Waals surface area contributed by atoms with E-state index in [-0.39, 0.29) is 11.8 Å².